The molecule has 2 unspecified atom stereocenters. The average molecular weight is 353 g/mol. The lowest BCUT2D eigenvalue weighted by Gasteiger charge is -2.41. The van der Waals surface area contributed by atoms with Crippen LogP contribution in [-0.4, -0.2) is 30.1 Å². The molecule has 0 aliphatic carbocycles. The van der Waals surface area contributed by atoms with Crippen molar-refractivity contribution in [3.63, 3.8) is 0 Å². The van der Waals surface area contributed by atoms with E-state index < -0.39 is 0 Å². The second kappa shape index (κ2) is 8.30. The van der Waals surface area contributed by atoms with Gasteiger partial charge in [-0.25, -0.2) is 0 Å². The first-order valence-corrected chi connectivity index (χ1v) is 9.10. The summed E-state index contributed by atoms with van der Waals surface area (Å²) in [5.41, 5.74) is 1.41. The molecule has 0 bridgehead atoms. The Morgan fingerprint density at radius 1 is 1.33 bits per heavy atom. The van der Waals surface area contributed by atoms with Crippen LogP contribution in [0.4, 0.5) is 0 Å². The monoisotopic (exact) mass is 352 g/mol. The fourth-order valence-corrected chi connectivity index (χ4v) is 3.72. The fourth-order valence-electron chi connectivity index (χ4n) is 3.31. The Hall–Kier alpha value is -0.380. The third kappa shape index (κ3) is 5.08. The summed E-state index contributed by atoms with van der Waals surface area (Å²) >= 11 is 3.70. The molecular formula is C18H29BrN2. The number of rotatable bonds is 6. The molecule has 3 heteroatoms. The molecule has 2 nitrogen and oxygen atoms in total. The lowest BCUT2D eigenvalue weighted by molar-refractivity contribution is 0.107. The van der Waals surface area contributed by atoms with Crippen molar-refractivity contribution in [2.75, 3.05) is 13.1 Å². The molecule has 1 N–H and O–H groups in total. The Morgan fingerprint density at radius 3 is 2.76 bits per heavy atom. The van der Waals surface area contributed by atoms with E-state index in [0.29, 0.717) is 12.1 Å². The van der Waals surface area contributed by atoms with Gasteiger partial charge in [-0.2, -0.15) is 0 Å². The summed E-state index contributed by atoms with van der Waals surface area (Å²) in [6.07, 6.45) is 3.81. The predicted molar refractivity (Wildman–Crippen MR) is 94.5 cm³/mol. The Bertz CT molecular complexity index is 433. The summed E-state index contributed by atoms with van der Waals surface area (Å²) in [7, 11) is 0. The molecule has 21 heavy (non-hydrogen) atoms. The molecule has 1 aromatic rings. The van der Waals surface area contributed by atoms with Crippen LogP contribution >= 0.6 is 15.9 Å². The molecule has 2 rings (SSSR count). The summed E-state index contributed by atoms with van der Waals surface area (Å²) < 4.78 is 1.24. The van der Waals surface area contributed by atoms with E-state index in [4.69, 9.17) is 0 Å². The topological polar surface area (TPSA) is 15.3 Å². The van der Waals surface area contributed by atoms with Crippen LogP contribution in [0.3, 0.4) is 0 Å². The number of hydrogen-bond acceptors (Lipinski definition) is 2. The van der Waals surface area contributed by atoms with Crippen molar-refractivity contribution >= 4 is 15.9 Å². The molecule has 1 aliphatic heterocycles. The number of piperazine rings is 1. The highest BCUT2D eigenvalue weighted by molar-refractivity contribution is 9.10. The molecule has 1 aromatic carbocycles. The van der Waals surface area contributed by atoms with Gasteiger partial charge in [-0.1, -0.05) is 61.3 Å². The number of nitrogens with one attached hydrogen (secondary N) is 1. The maximum Gasteiger partial charge on any atom is 0.0249 e. The largest absolute Gasteiger partial charge is 0.311 e. The van der Waals surface area contributed by atoms with Crippen LogP contribution < -0.4 is 5.32 Å². The minimum absolute atomic E-state index is 0.639. The van der Waals surface area contributed by atoms with E-state index in [-0.39, 0.29) is 0 Å². The van der Waals surface area contributed by atoms with Crippen molar-refractivity contribution in [2.45, 2.75) is 58.7 Å². The van der Waals surface area contributed by atoms with Gasteiger partial charge in [0.1, 0.15) is 0 Å². The summed E-state index contributed by atoms with van der Waals surface area (Å²) in [5, 5.41) is 3.76. The molecule has 1 saturated heterocycles. The summed E-state index contributed by atoms with van der Waals surface area (Å²) in [4.78, 5) is 2.69. The quantitative estimate of drug-likeness (QED) is 0.814. The van der Waals surface area contributed by atoms with Gasteiger partial charge in [0.2, 0.25) is 0 Å². The Balaban J connectivity index is 2.05. The smallest absolute Gasteiger partial charge is 0.0249 e. The molecule has 1 heterocycles. The number of hydrogen-bond donors (Lipinski definition) is 1. The van der Waals surface area contributed by atoms with Crippen molar-refractivity contribution in [3.05, 3.63) is 34.3 Å². The maximum absolute atomic E-state index is 3.76. The van der Waals surface area contributed by atoms with Crippen molar-refractivity contribution in [2.24, 2.45) is 5.92 Å². The minimum Gasteiger partial charge on any atom is -0.311 e. The lowest BCUT2D eigenvalue weighted by Crippen LogP contribution is -2.56. The molecule has 2 atom stereocenters. The second-order valence-corrected chi connectivity index (χ2v) is 7.55. The minimum atomic E-state index is 0.639. The van der Waals surface area contributed by atoms with E-state index in [1.54, 1.807) is 0 Å². The molecule has 0 radical (unpaired) electrons. The van der Waals surface area contributed by atoms with Crippen LogP contribution in [0.5, 0.6) is 0 Å². The van der Waals surface area contributed by atoms with Gasteiger partial charge < -0.3 is 5.32 Å². The van der Waals surface area contributed by atoms with Crippen LogP contribution in [0.1, 0.15) is 45.6 Å². The van der Waals surface area contributed by atoms with Gasteiger partial charge >= 0.3 is 0 Å². The molecule has 0 amide bonds. The lowest BCUT2D eigenvalue weighted by atomic mass is 9.97. The van der Waals surface area contributed by atoms with Gasteiger partial charge in [0.15, 0.2) is 0 Å². The van der Waals surface area contributed by atoms with Crippen LogP contribution in [0.2, 0.25) is 0 Å². The van der Waals surface area contributed by atoms with Crippen molar-refractivity contribution in [1.29, 1.82) is 0 Å². The van der Waals surface area contributed by atoms with E-state index in [1.807, 2.05) is 0 Å². The van der Waals surface area contributed by atoms with Crippen LogP contribution in [0.15, 0.2) is 28.7 Å². The average Bonchev–Trinajstić information content (AvgIpc) is 2.44. The molecule has 0 saturated carbocycles. The number of nitrogens with zero attached hydrogens (tertiary/aromatic N) is 1. The van der Waals surface area contributed by atoms with Crippen LogP contribution in [-0.2, 0) is 6.54 Å². The highest BCUT2D eigenvalue weighted by Gasteiger charge is 2.27. The Morgan fingerprint density at radius 2 is 2.10 bits per heavy atom. The third-order valence-corrected chi connectivity index (χ3v) is 5.10. The molecular weight excluding hydrogens is 324 g/mol. The predicted octanol–water partition coefficient (Wildman–Crippen LogP) is 4.44. The first-order chi connectivity index (χ1) is 10.1. The van der Waals surface area contributed by atoms with Crippen LogP contribution in [0.25, 0.3) is 0 Å². The maximum atomic E-state index is 3.76. The van der Waals surface area contributed by atoms with E-state index >= 15 is 0 Å². The first kappa shape index (κ1) is 17.0. The molecule has 0 aromatic heterocycles. The highest BCUT2D eigenvalue weighted by Crippen LogP contribution is 2.23. The van der Waals surface area contributed by atoms with Gasteiger partial charge in [0, 0.05) is 36.2 Å². The summed E-state index contributed by atoms with van der Waals surface area (Å²) in [6.45, 7) is 10.3. The van der Waals surface area contributed by atoms with Gasteiger partial charge in [-0.05, 0) is 30.4 Å². The zero-order valence-corrected chi connectivity index (χ0v) is 15.2. The zero-order valence-electron chi connectivity index (χ0n) is 13.6. The zero-order chi connectivity index (χ0) is 15.2. The number of halogens is 1. The third-order valence-electron chi connectivity index (χ3n) is 4.32. The van der Waals surface area contributed by atoms with Gasteiger partial charge in [-0.15, -0.1) is 0 Å². The van der Waals surface area contributed by atoms with E-state index in [2.05, 4.69) is 71.2 Å². The van der Waals surface area contributed by atoms with Crippen molar-refractivity contribution in [3.8, 4) is 0 Å². The van der Waals surface area contributed by atoms with Crippen molar-refractivity contribution in [1.82, 2.24) is 10.2 Å². The van der Waals surface area contributed by atoms with Gasteiger partial charge in [0.05, 0.1) is 0 Å². The number of benzene rings is 1. The highest BCUT2D eigenvalue weighted by atomic mass is 79.9. The summed E-state index contributed by atoms with van der Waals surface area (Å²) in [5.74, 6) is 0.760. The van der Waals surface area contributed by atoms with Gasteiger partial charge in [0.25, 0.3) is 0 Å². The van der Waals surface area contributed by atoms with E-state index in [0.717, 1.165) is 19.0 Å². The van der Waals surface area contributed by atoms with E-state index in [9.17, 15) is 0 Å². The molecule has 118 valence electrons. The van der Waals surface area contributed by atoms with Crippen LogP contribution in [0, 0.1) is 5.92 Å². The van der Waals surface area contributed by atoms with Crippen molar-refractivity contribution < 1.29 is 0 Å². The molecule has 1 fully saturated rings. The summed E-state index contributed by atoms with van der Waals surface area (Å²) in [6, 6.07) is 9.94. The second-order valence-electron chi connectivity index (χ2n) is 6.70. The Labute approximate surface area is 138 Å². The standard InChI is InChI=1S/C18H29BrN2/c1-4-7-17-11-20-16(10-14(2)3)13-21(17)12-15-8-5-6-9-18(15)19/h5-6,8-9,14,16-17,20H,4,7,10-13H2,1-3H3. The SMILES string of the molecule is CCCC1CNC(CC(C)C)CN1Cc1ccccc1Br. The normalized spacial score (nSPS) is 23.7. The van der Waals surface area contributed by atoms with Gasteiger partial charge in [-0.3, -0.25) is 4.90 Å². The molecule has 0 spiro atoms. The fraction of sp³-hybridized carbons (Fsp3) is 0.667. The Kier molecular flexibility index (Phi) is 6.72. The first-order valence-electron chi connectivity index (χ1n) is 8.31. The molecule has 1 aliphatic rings. The van der Waals surface area contributed by atoms with E-state index in [1.165, 1.54) is 35.8 Å².